The van der Waals surface area contributed by atoms with Gasteiger partial charge in [-0.05, 0) is 44.1 Å². The zero-order valence-corrected chi connectivity index (χ0v) is 22.0. The zero-order chi connectivity index (χ0) is 28.3. The Balaban J connectivity index is 1.26. The standard InChI is InChI=1S/C24H25F5N8O2S/c1-36-18(8-17(35-36)24(27,28)29)32-23-34-30-9-37(23)12-2-3-16-14(6-12)19(21(39)31-11-4-10(25)5-11)22(40-16)33-20(38)13-7-15(13)26/h8-13,15H,2-7H2,1H3,(H,31,39)(H,32,34)(H,33,38)/t10?,11?,12-,13-,15+/m0/s1. The maximum absolute atomic E-state index is 13.5. The fraction of sp³-hybridized carbons (Fsp3) is 0.542. The second kappa shape index (κ2) is 9.82. The number of carbonyl (C=O) groups is 2. The van der Waals surface area contributed by atoms with E-state index in [-0.39, 0.29) is 48.7 Å². The summed E-state index contributed by atoms with van der Waals surface area (Å²) < 4.78 is 69.0. The Bertz CT molecular complexity index is 1460. The summed E-state index contributed by atoms with van der Waals surface area (Å²) in [5.74, 6) is -1.39. The summed E-state index contributed by atoms with van der Waals surface area (Å²) in [6.07, 6.45) is -3.23. The van der Waals surface area contributed by atoms with Gasteiger partial charge >= 0.3 is 6.18 Å². The van der Waals surface area contributed by atoms with E-state index in [0.29, 0.717) is 29.8 Å². The Labute approximate surface area is 228 Å². The highest BCUT2D eigenvalue weighted by Crippen LogP contribution is 2.43. The highest BCUT2D eigenvalue weighted by Gasteiger charge is 2.44. The van der Waals surface area contributed by atoms with Gasteiger partial charge in [0, 0.05) is 30.1 Å². The maximum Gasteiger partial charge on any atom is 0.435 e. The molecule has 3 atom stereocenters. The zero-order valence-electron chi connectivity index (χ0n) is 21.1. The van der Waals surface area contributed by atoms with Gasteiger partial charge in [0.2, 0.25) is 11.9 Å². The topological polar surface area (TPSA) is 119 Å². The van der Waals surface area contributed by atoms with Crippen molar-refractivity contribution < 1.29 is 31.5 Å². The Morgan fingerprint density at radius 1 is 1.18 bits per heavy atom. The van der Waals surface area contributed by atoms with E-state index in [1.54, 1.807) is 4.57 Å². The third-order valence-corrected chi connectivity index (χ3v) is 8.75. The van der Waals surface area contributed by atoms with Crippen molar-refractivity contribution in [3.05, 3.63) is 34.1 Å². The largest absolute Gasteiger partial charge is 0.435 e. The summed E-state index contributed by atoms with van der Waals surface area (Å²) in [7, 11) is 1.37. The van der Waals surface area contributed by atoms with E-state index in [4.69, 9.17) is 0 Å². The van der Waals surface area contributed by atoms with E-state index in [1.165, 1.54) is 24.7 Å². The molecular weight excluding hydrogens is 559 g/mol. The lowest BCUT2D eigenvalue weighted by Gasteiger charge is -2.31. The SMILES string of the molecule is Cn1nc(C(F)(F)F)cc1Nc1nncn1[C@H]1CCc2sc(NC(=O)[C@H]3C[C@H]3F)c(C(=O)NC3CC(F)C3)c2C1. The van der Waals surface area contributed by atoms with Crippen molar-refractivity contribution in [2.45, 2.75) is 69.1 Å². The Morgan fingerprint density at radius 3 is 2.58 bits per heavy atom. The van der Waals surface area contributed by atoms with E-state index < -0.39 is 41.9 Å². The van der Waals surface area contributed by atoms with E-state index in [0.717, 1.165) is 15.6 Å². The van der Waals surface area contributed by atoms with Crippen LogP contribution in [0.3, 0.4) is 0 Å². The van der Waals surface area contributed by atoms with Gasteiger partial charge in [0.15, 0.2) is 5.69 Å². The molecule has 2 amide bonds. The molecule has 0 saturated heterocycles. The van der Waals surface area contributed by atoms with Crippen LogP contribution in [0.4, 0.5) is 38.7 Å². The van der Waals surface area contributed by atoms with Crippen molar-refractivity contribution in [2.75, 3.05) is 10.6 Å². The van der Waals surface area contributed by atoms with E-state index in [9.17, 15) is 31.5 Å². The number of rotatable bonds is 7. The van der Waals surface area contributed by atoms with Crippen LogP contribution in [-0.4, -0.2) is 54.7 Å². The van der Waals surface area contributed by atoms with Crippen molar-refractivity contribution in [3.8, 4) is 0 Å². The number of aromatic nitrogens is 5. The minimum atomic E-state index is -4.61. The first-order chi connectivity index (χ1) is 19.0. The number of nitrogens with zero attached hydrogens (tertiary/aromatic N) is 5. The third-order valence-electron chi connectivity index (χ3n) is 7.54. The molecule has 0 aromatic carbocycles. The molecule has 2 fully saturated rings. The molecular formula is C24H25F5N8O2S. The van der Waals surface area contributed by atoms with Gasteiger partial charge in [0.1, 0.15) is 29.5 Å². The first kappa shape index (κ1) is 26.7. The molecule has 3 aliphatic rings. The average Bonchev–Trinajstić information content (AvgIpc) is 3.19. The number of carbonyl (C=O) groups excluding carboxylic acids is 2. The summed E-state index contributed by atoms with van der Waals surface area (Å²) in [5, 5.41) is 20.2. The van der Waals surface area contributed by atoms with E-state index >= 15 is 0 Å². The smallest absolute Gasteiger partial charge is 0.349 e. The molecule has 0 aliphatic heterocycles. The molecule has 2 saturated carbocycles. The van der Waals surface area contributed by atoms with Crippen LogP contribution in [0.25, 0.3) is 0 Å². The fourth-order valence-electron chi connectivity index (χ4n) is 5.13. The molecule has 16 heteroatoms. The van der Waals surface area contributed by atoms with Gasteiger partial charge in [0.25, 0.3) is 5.91 Å². The molecule has 0 spiro atoms. The normalized spacial score (nSPS) is 25.6. The number of amides is 2. The summed E-state index contributed by atoms with van der Waals surface area (Å²) in [6, 6.07) is 0.301. The number of alkyl halides is 5. The highest BCUT2D eigenvalue weighted by atomic mass is 32.1. The lowest BCUT2D eigenvalue weighted by molar-refractivity contribution is -0.141. The number of halogens is 5. The van der Waals surface area contributed by atoms with E-state index in [2.05, 4.69) is 31.2 Å². The van der Waals surface area contributed by atoms with Gasteiger partial charge < -0.3 is 16.0 Å². The average molecular weight is 585 g/mol. The van der Waals surface area contributed by atoms with Crippen LogP contribution in [0.5, 0.6) is 0 Å². The number of nitrogens with one attached hydrogen (secondary N) is 3. The van der Waals surface area contributed by atoms with E-state index in [1.807, 2.05) is 0 Å². The van der Waals surface area contributed by atoms with Gasteiger partial charge in [-0.25, -0.2) is 8.78 Å². The van der Waals surface area contributed by atoms with Crippen molar-refractivity contribution in [2.24, 2.45) is 13.0 Å². The fourth-order valence-corrected chi connectivity index (χ4v) is 6.38. The summed E-state index contributed by atoms with van der Waals surface area (Å²) >= 11 is 1.27. The van der Waals surface area contributed by atoms with Crippen molar-refractivity contribution in [1.29, 1.82) is 0 Å². The Kier molecular flexibility index (Phi) is 6.54. The van der Waals surface area contributed by atoms with Crippen molar-refractivity contribution in [1.82, 2.24) is 29.9 Å². The number of thiophene rings is 1. The maximum atomic E-state index is 13.5. The molecule has 3 aromatic heterocycles. The molecule has 3 aliphatic carbocycles. The van der Waals surface area contributed by atoms with Crippen molar-refractivity contribution in [3.63, 3.8) is 0 Å². The molecule has 214 valence electrons. The minimum absolute atomic E-state index is 0.0663. The van der Waals surface area contributed by atoms with Crippen LogP contribution in [-0.2, 0) is 30.9 Å². The molecule has 0 radical (unpaired) electrons. The van der Waals surface area contributed by atoms with Crippen LogP contribution < -0.4 is 16.0 Å². The van der Waals surface area contributed by atoms with Gasteiger partial charge in [0.05, 0.1) is 11.5 Å². The summed E-state index contributed by atoms with van der Waals surface area (Å²) in [4.78, 5) is 26.8. The van der Waals surface area contributed by atoms with Crippen LogP contribution in [0.2, 0.25) is 0 Å². The number of anilines is 3. The van der Waals surface area contributed by atoms with Gasteiger partial charge in [-0.3, -0.25) is 18.8 Å². The van der Waals surface area contributed by atoms with Crippen LogP contribution in [0, 0.1) is 5.92 Å². The van der Waals surface area contributed by atoms with Gasteiger partial charge in [-0.15, -0.1) is 21.5 Å². The van der Waals surface area contributed by atoms with Crippen molar-refractivity contribution >= 4 is 39.9 Å². The second-order valence-electron chi connectivity index (χ2n) is 10.4. The lowest BCUT2D eigenvalue weighted by atomic mass is 9.89. The number of hydrogen-bond acceptors (Lipinski definition) is 7. The highest BCUT2D eigenvalue weighted by molar-refractivity contribution is 7.17. The Hall–Kier alpha value is -3.56. The quantitative estimate of drug-likeness (QED) is 0.360. The van der Waals surface area contributed by atoms with Crippen LogP contribution in [0.1, 0.15) is 58.2 Å². The molecule has 3 heterocycles. The second-order valence-corrected chi connectivity index (χ2v) is 11.5. The van der Waals surface area contributed by atoms with Gasteiger partial charge in [-0.2, -0.15) is 18.3 Å². The predicted octanol–water partition coefficient (Wildman–Crippen LogP) is 4.09. The van der Waals surface area contributed by atoms with Crippen LogP contribution >= 0.6 is 11.3 Å². The first-order valence-corrected chi connectivity index (χ1v) is 13.6. The van der Waals surface area contributed by atoms with Crippen LogP contribution in [0.15, 0.2) is 12.4 Å². The number of hydrogen-bond donors (Lipinski definition) is 3. The first-order valence-electron chi connectivity index (χ1n) is 12.8. The minimum Gasteiger partial charge on any atom is -0.349 e. The molecule has 10 nitrogen and oxygen atoms in total. The third kappa shape index (κ3) is 5.04. The number of aryl methyl sites for hydroxylation is 2. The Morgan fingerprint density at radius 2 is 1.93 bits per heavy atom. The summed E-state index contributed by atoms with van der Waals surface area (Å²) in [5.41, 5.74) is -0.0667. The molecule has 40 heavy (non-hydrogen) atoms. The molecule has 3 aromatic rings. The van der Waals surface area contributed by atoms with Gasteiger partial charge in [-0.1, -0.05) is 0 Å². The predicted molar refractivity (Wildman–Crippen MR) is 134 cm³/mol. The molecule has 0 bridgehead atoms. The molecule has 3 N–H and O–H groups in total. The molecule has 0 unspecified atom stereocenters. The molecule has 6 rings (SSSR count). The summed E-state index contributed by atoms with van der Waals surface area (Å²) in [6.45, 7) is 0. The number of fused-ring (bicyclic) bond motifs is 1. The lowest BCUT2D eigenvalue weighted by Crippen LogP contribution is -2.45. The monoisotopic (exact) mass is 584 g/mol.